The fourth-order valence-corrected chi connectivity index (χ4v) is 4.15. The van der Waals surface area contributed by atoms with Crippen molar-refractivity contribution >= 4 is 10.0 Å². The summed E-state index contributed by atoms with van der Waals surface area (Å²) in [5.41, 5.74) is 0. The van der Waals surface area contributed by atoms with Crippen LogP contribution in [0, 0.1) is 0 Å². The maximum atomic E-state index is 12.5. The highest BCUT2D eigenvalue weighted by Gasteiger charge is 2.19. The number of hydrogen-bond acceptors (Lipinski definition) is 4. The first-order valence-electron chi connectivity index (χ1n) is 9.77. The smallest absolute Gasteiger partial charge is 0.244 e. The fraction of sp³-hybridized carbons (Fsp3) is 0.700. The number of sulfonamides is 1. The Morgan fingerprint density at radius 3 is 1.96 bits per heavy atom. The molecule has 0 fully saturated rings. The molecule has 0 saturated carbocycles. The zero-order valence-corrected chi connectivity index (χ0v) is 17.4. The lowest BCUT2D eigenvalue weighted by Crippen LogP contribution is -2.25. The second kappa shape index (κ2) is 13.0. The summed E-state index contributed by atoms with van der Waals surface area (Å²) in [5, 5.41) is 0. The van der Waals surface area contributed by atoms with E-state index < -0.39 is 10.0 Å². The lowest BCUT2D eigenvalue weighted by atomic mass is 10.1. The summed E-state index contributed by atoms with van der Waals surface area (Å²) in [4.78, 5) is 0.117. The molecule has 0 saturated heterocycles. The molecule has 0 spiro atoms. The van der Waals surface area contributed by atoms with Crippen LogP contribution in [-0.4, -0.2) is 29.2 Å². The van der Waals surface area contributed by atoms with Crippen LogP contribution >= 0.6 is 0 Å². The first-order valence-corrected chi connectivity index (χ1v) is 11.2. The van der Waals surface area contributed by atoms with Gasteiger partial charge in [-0.05, 0) is 18.6 Å². The Balaban J connectivity index is 2.28. The predicted octanol–water partition coefficient (Wildman–Crippen LogP) is 4.90. The van der Waals surface area contributed by atoms with Crippen molar-refractivity contribution in [3.63, 3.8) is 0 Å². The molecule has 1 aromatic rings. The molecule has 0 aliphatic carbocycles. The first kappa shape index (κ1) is 22.8. The molecule has 6 heteroatoms. The molecule has 150 valence electrons. The average molecular weight is 386 g/mol. The molecule has 0 atom stereocenters. The first-order chi connectivity index (χ1) is 12.5. The minimum Gasteiger partial charge on any atom is -0.497 e. The van der Waals surface area contributed by atoms with Gasteiger partial charge >= 0.3 is 0 Å². The van der Waals surface area contributed by atoms with Gasteiger partial charge in [0, 0.05) is 12.6 Å². The Labute approximate surface area is 159 Å². The van der Waals surface area contributed by atoms with Crippen molar-refractivity contribution in [3.05, 3.63) is 18.2 Å². The van der Waals surface area contributed by atoms with Crippen molar-refractivity contribution < 1.29 is 17.9 Å². The van der Waals surface area contributed by atoms with Gasteiger partial charge in [-0.15, -0.1) is 0 Å². The Morgan fingerprint density at radius 2 is 1.42 bits per heavy atom. The van der Waals surface area contributed by atoms with Crippen molar-refractivity contribution in [3.8, 4) is 11.5 Å². The van der Waals surface area contributed by atoms with Gasteiger partial charge in [0.1, 0.15) is 16.4 Å². The highest BCUT2D eigenvalue weighted by molar-refractivity contribution is 7.89. The number of hydrogen-bond donors (Lipinski definition) is 1. The Kier molecular flexibility index (Phi) is 11.4. The van der Waals surface area contributed by atoms with Crippen molar-refractivity contribution in [2.75, 3.05) is 20.8 Å². The van der Waals surface area contributed by atoms with Crippen LogP contribution in [0.25, 0.3) is 0 Å². The number of methoxy groups -OCH3 is 2. The summed E-state index contributed by atoms with van der Waals surface area (Å²) in [5.74, 6) is 0.812. The van der Waals surface area contributed by atoms with Gasteiger partial charge in [0.25, 0.3) is 0 Å². The molecule has 26 heavy (non-hydrogen) atoms. The van der Waals surface area contributed by atoms with E-state index in [2.05, 4.69) is 11.6 Å². The zero-order chi connectivity index (χ0) is 19.3. The van der Waals surface area contributed by atoms with E-state index in [9.17, 15) is 8.42 Å². The molecule has 1 rings (SSSR count). The highest BCUT2D eigenvalue weighted by Crippen LogP contribution is 2.27. The van der Waals surface area contributed by atoms with Gasteiger partial charge in [0.2, 0.25) is 10.0 Å². The molecule has 5 nitrogen and oxygen atoms in total. The Hall–Kier alpha value is -1.27. The quantitative estimate of drug-likeness (QED) is 0.436. The van der Waals surface area contributed by atoms with Crippen LogP contribution in [0.1, 0.15) is 71.1 Å². The summed E-state index contributed by atoms with van der Waals surface area (Å²) >= 11 is 0. The van der Waals surface area contributed by atoms with Crippen molar-refractivity contribution in [1.82, 2.24) is 4.72 Å². The van der Waals surface area contributed by atoms with Gasteiger partial charge in [-0.2, -0.15) is 0 Å². The second-order valence-electron chi connectivity index (χ2n) is 6.60. The lowest BCUT2D eigenvalue weighted by Gasteiger charge is -2.12. The summed E-state index contributed by atoms with van der Waals surface area (Å²) in [6.45, 7) is 2.68. The fourth-order valence-electron chi connectivity index (χ4n) is 2.89. The number of benzene rings is 1. The lowest BCUT2D eigenvalue weighted by molar-refractivity contribution is 0.392. The van der Waals surface area contributed by atoms with Crippen LogP contribution in [0.2, 0.25) is 0 Å². The molecule has 0 heterocycles. The molecule has 0 aliphatic heterocycles. The number of rotatable bonds is 15. The topological polar surface area (TPSA) is 64.6 Å². The van der Waals surface area contributed by atoms with Crippen LogP contribution in [0.3, 0.4) is 0 Å². The number of ether oxygens (including phenoxy) is 2. The molecular formula is C20H35NO4S. The largest absolute Gasteiger partial charge is 0.497 e. The van der Waals surface area contributed by atoms with E-state index in [-0.39, 0.29) is 4.90 Å². The maximum absolute atomic E-state index is 12.5. The molecule has 0 unspecified atom stereocenters. The van der Waals surface area contributed by atoms with Gasteiger partial charge in [-0.1, -0.05) is 64.7 Å². The molecule has 0 aromatic heterocycles. The Morgan fingerprint density at radius 1 is 0.846 bits per heavy atom. The minimum absolute atomic E-state index is 0.117. The van der Waals surface area contributed by atoms with Crippen LogP contribution in [0.5, 0.6) is 11.5 Å². The summed E-state index contributed by atoms with van der Waals surface area (Å²) in [7, 11) is -0.630. The van der Waals surface area contributed by atoms with Crippen molar-refractivity contribution in [1.29, 1.82) is 0 Å². The Bertz CT molecular complexity index is 602. The van der Waals surface area contributed by atoms with Crippen molar-refractivity contribution in [2.45, 2.75) is 76.0 Å². The second-order valence-corrected chi connectivity index (χ2v) is 8.33. The van der Waals surface area contributed by atoms with Gasteiger partial charge in [-0.25, -0.2) is 13.1 Å². The van der Waals surface area contributed by atoms with Crippen LogP contribution in [0.4, 0.5) is 0 Å². The number of unbranched alkanes of at least 4 members (excludes halogenated alkanes) is 9. The average Bonchev–Trinajstić information content (AvgIpc) is 2.65. The van der Waals surface area contributed by atoms with Crippen molar-refractivity contribution in [2.24, 2.45) is 0 Å². The monoisotopic (exact) mass is 385 g/mol. The summed E-state index contributed by atoms with van der Waals surface area (Å²) in [6, 6.07) is 4.77. The minimum atomic E-state index is -3.60. The van der Waals surface area contributed by atoms with Gasteiger partial charge in [0.15, 0.2) is 0 Å². The van der Waals surface area contributed by atoms with Crippen LogP contribution in [-0.2, 0) is 10.0 Å². The van der Waals surface area contributed by atoms with E-state index in [4.69, 9.17) is 9.47 Å². The summed E-state index contributed by atoms with van der Waals surface area (Å²) in [6.07, 6.45) is 12.2. The van der Waals surface area contributed by atoms with Gasteiger partial charge in [-0.3, -0.25) is 0 Å². The van der Waals surface area contributed by atoms with E-state index >= 15 is 0 Å². The molecular weight excluding hydrogens is 350 g/mol. The third kappa shape index (κ3) is 8.41. The van der Waals surface area contributed by atoms with E-state index in [1.165, 1.54) is 65.2 Å². The molecule has 0 radical (unpaired) electrons. The van der Waals surface area contributed by atoms with E-state index in [1.54, 1.807) is 12.1 Å². The van der Waals surface area contributed by atoms with Crippen LogP contribution < -0.4 is 14.2 Å². The third-order valence-electron chi connectivity index (χ3n) is 4.48. The standard InChI is InChI=1S/C20H35NO4S/c1-4-5-6-7-8-9-10-11-12-13-16-21-26(22,23)20-17-18(24-2)14-15-19(20)25-3/h14-15,17,21H,4-13,16H2,1-3H3. The molecule has 1 aromatic carbocycles. The zero-order valence-electron chi connectivity index (χ0n) is 16.6. The van der Waals surface area contributed by atoms with E-state index in [0.29, 0.717) is 18.0 Å². The molecule has 1 N–H and O–H groups in total. The molecule has 0 aliphatic rings. The van der Waals surface area contributed by atoms with E-state index in [0.717, 1.165) is 19.3 Å². The maximum Gasteiger partial charge on any atom is 0.244 e. The molecule has 0 amide bonds. The normalized spacial score (nSPS) is 11.5. The van der Waals surface area contributed by atoms with Crippen LogP contribution in [0.15, 0.2) is 23.1 Å². The number of nitrogens with one attached hydrogen (secondary N) is 1. The van der Waals surface area contributed by atoms with Gasteiger partial charge in [0.05, 0.1) is 14.2 Å². The summed E-state index contributed by atoms with van der Waals surface area (Å²) < 4.78 is 37.9. The van der Waals surface area contributed by atoms with Gasteiger partial charge < -0.3 is 9.47 Å². The molecule has 0 bridgehead atoms. The SMILES string of the molecule is CCCCCCCCCCCCNS(=O)(=O)c1cc(OC)ccc1OC. The third-order valence-corrected chi connectivity index (χ3v) is 5.96. The van der Waals surface area contributed by atoms with E-state index in [1.807, 2.05) is 0 Å². The predicted molar refractivity (Wildman–Crippen MR) is 107 cm³/mol. The highest BCUT2D eigenvalue weighted by atomic mass is 32.2.